The molecule has 2 amide bonds. The summed E-state index contributed by atoms with van der Waals surface area (Å²) in [5.74, 6) is -0.437. The molecule has 0 bridgehead atoms. The minimum absolute atomic E-state index is 0.0353. The number of benzene rings is 1. The lowest BCUT2D eigenvalue weighted by atomic mass is 10.1. The average molecular weight is 276 g/mol. The van der Waals surface area contributed by atoms with Crippen LogP contribution >= 0.6 is 0 Å². The van der Waals surface area contributed by atoms with E-state index in [1.807, 2.05) is 32.0 Å². The molecule has 0 radical (unpaired) electrons. The van der Waals surface area contributed by atoms with Gasteiger partial charge < -0.3 is 15.4 Å². The molecule has 1 fully saturated rings. The van der Waals surface area contributed by atoms with E-state index >= 15 is 0 Å². The number of para-hydroxylation sites is 1. The van der Waals surface area contributed by atoms with Crippen LogP contribution in [-0.2, 0) is 14.3 Å². The maximum absolute atomic E-state index is 11.9. The van der Waals surface area contributed by atoms with Gasteiger partial charge in [-0.1, -0.05) is 18.2 Å². The van der Waals surface area contributed by atoms with Gasteiger partial charge in [0.05, 0.1) is 6.54 Å². The molecule has 1 saturated heterocycles. The molecule has 1 unspecified atom stereocenters. The maximum atomic E-state index is 11.9. The van der Waals surface area contributed by atoms with Crippen molar-refractivity contribution in [3.63, 3.8) is 0 Å². The zero-order valence-corrected chi connectivity index (χ0v) is 11.9. The van der Waals surface area contributed by atoms with E-state index in [1.165, 1.54) is 0 Å². The van der Waals surface area contributed by atoms with Gasteiger partial charge in [0.2, 0.25) is 11.8 Å². The molecule has 0 spiro atoms. The van der Waals surface area contributed by atoms with Crippen LogP contribution in [0.1, 0.15) is 24.0 Å². The van der Waals surface area contributed by atoms with Gasteiger partial charge in [-0.25, -0.2) is 0 Å². The van der Waals surface area contributed by atoms with Crippen molar-refractivity contribution in [2.24, 2.45) is 0 Å². The van der Waals surface area contributed by atoms with E-state index in [2.05, 4.69) is 10.6 Å². The number of hydrogen-bond donors (Lipinski definition) is 2. The number of amides is 2. The number of hydrogen-bond acceptors (Lipinski definition) is 3. The predicted octanol–water partition coefficient (Wildman–Crippen LogP) is 1.54. The number of aryl methyl sites for hydroxylation is 2. The lowest BCUT2D eigenvalue weighted by molar-refractivity contribution is -0.131. The Morgan fingerprint density at radius 1 is 1.30 bits per heavy atom. The summed E-state index contributed by atoms with van der Waals surface area (Å²) in [4.78, 5) is 23.6. The Labute approximate surface area is 118 Å². The standard InChI is InChI=1S/C15H20N2O3/c1-10-5-3-6-11(2)14(10)17-13(18)9-16-15(19)12-7-4-8-20-12/h3,5-6,12H,4,7-9H2,1-2H3,(H,16,19)(H,17,18). The second-order valence-electron chi connectivity index (χ2n) is 5.03. The second-order valence-corrected chi connectivity index (χ2v) is 5.03. The zero-order chi connectivity index (χ0) is 14.5. The fraction of sp³-hybridized carbons (Fsp3) is 0.467. The highest BCUT2D eigenvalue weighted by Gasteiger charge is 2.23. The van der Waals surface area contributed by atoms with Gasteiger partial charge in [0.25, 0.3) is 0 Å². The third-order valence-corrected chi connectivity index (χ3v) is 3.39. The smallest absolute Gasteiger partial charge is 0.249 e. The van der Waals surface area contributed by atoms with Crippen LogP contribution in [0.4, 0.5) is 5.69 Å². The molecule has 1 aliphatic rings. The van der Waals surface area contributed by atoms with Crippen LogP contribution in [0.25, 0.3) is 0 Å². The molecule has 1 heterocycles. The predicted molar refractivity (Wildman–Crippen MR) is 76.5 cm³/mol. The van der Waals surface area contributed by atoms with Gasteiger partial charge in [-0.05, 0) is 37.8 Å². The highest BCUT2D eigenvalue weighted by atomic mass is 16.5. The summed E-state index contributed by atoms with van der Waals surface area (Å²) in [6.07, 6.45) is 1.22. The molecule has 1 aromatic carbocycles. The van der Waals surface area contributed by atoms with Gasteiger partial charge in [0.1, 0.15) is 6.10 Å². The highest BCUT2D eigenvalue weighted by Crippen LogP contribution is 2.19. The number of ether oxygens (including phenoxy) is 1. The van der Waals surface area contributed by atoms with E-state index in [9.17, 15) is 9.59 Å². The maximum Gasteiger partial charge on any atom is 0.249 e. The van der Waals surface area contributed by atoms with Crippen LogP contribution < -0.4 is 10.6 Å². The van der Waals surface area contributed by atoms with Crippen LogP contribution in [0.5, 0.6) is 0 Å². The van der Waals surface area contributed by atoms with E-state index in [4.69, 9.17) is 4.74 Å². The SMILES string of the molecule is Cc1cccc(C)c1NC(=O)CNC(=O)C1CCCO1. The summed E-state index contributed by atoms with van der Waals surface area (Å²) in [5.41, 5.74) is 2.82. The van der Waals surface area contributed by atoms with Crippen molar-refractivity contribution in [3.8, 4) is 0 Å². The molecule has 20 heavy (non-hydrogen) atoms. The van der Waals surface area contributed by atoms with Crippen LogP contribution in [0.3, 0.4) is 0 Å². The van der Waals surface area contributed by atoms with E-state index < -0.39 is 6.10 Å². The summed E-state index contributed by atoms with van der Waals surface area (Å²) in [5, 5.41) is 5.44. The third kappa shape index (κ3) is 3.57. The molecule has 5 nitrogen and oxygen atoms in total. The number of rotatable bonds is 4. The Morgan fingerprint density at radius 3 is 2.60 bits per heavy atom. The molecular formula is C15H20N2O3. The number of anilines is 1. The quantitative estimate of drug-likeness (QED) is 0.876. The minimum Gasteiger partial charge on any atom is -0.368 e. The topological polar surface area (TPSA) is 67.4 Å². The molecule has 1 aliphatic heterocycles. The van der Waals surface area contributed by atoms with E-state index in [-0.39, 0.29) is 18.4 Å². The summed E-state index contributed by atoms with van der Waals surface area (Å²) < 4.78 is 5.26. The van der Waals surface area contributed by atoms with Gasteiger partial charge in [-0.2, -0.15) is 0 Å². The number of nitrogens with one attached hydrogen (secondary N) is 2. The van der Waals surface area contributed by atoms with Crippen molar-refractivity contribution >= 4 is 17.5 Å². The molecule has 1 atom stereocenters. The third-order valence-electron chi connectivity index (χ3n) is 3.39. The molecule has 2 rings (SSSR count). The molecule has 5 heteroatoms. The summed E-state index contributed by atoms with van der Waals surface area (Å²) in [6.45, 7) is 4.46. The highest BCUT2D eigenvalue weighted by molar-refractivity contribution is 5.96. The van der Waals surface area contributed by atoms with E-state index in [0.717, 1.165) is 29.7 Å². The van der Waals surface area contributed by atoms with Gasteiger partial charge in [-0.3, -0.25) is 9.59 Å². The first kappa shape index (κ1) is 14.5. The van der Waals surface area contributed by atoms with Crippen molar-refractivity contribution in [1.29, 1.82) is 0 Å². The molecule has 2 N–H and O–H groups in total. The molecule has 0 aromatic heterocycles. The van der Waals surface area contributed by atoms with Gasteiger partial charge in [-0.15, -0.1) is 0 Å². The summed E-state index contributed by atoms with van der Waals surface area (Å²) >= 11 is 0. The zero-order valence-electron chi connectivity index (χ0n) is 11.9. The fourth-order valence-electron chi connectivity index (χ4n) is 2.26. The summed E-state index contributed by atoms with van der Waals surface area (Å²) in [6, 6.07) is 5.82. The summed E-state index contributed by atoms with van der Waals surface area (Å²) in [7, 11) is 0. The molecule has 0 aliphatic carbocycles. The Balaban J connectivity index is 1.85. The first-order chi connectivity index (χ1) is 9.58. The molecule has 108 valence electrons. The van der Waals surface area contributed by atoms with Crippen molar-refractivity contribution in [2.45, 2.75) is 32.8 Å². The minimum atomic E-state index is -0.400. The molecular weight excluding hydrogens is 256 g/mol. The van der Waals surface area contributed by atoms with E-state index in [1.54, 1.807) is 0 Å². The lowest BCUT2D eigenvalue weighted by Crippen LogP contribution is -2.39. The fourth-order valence-corrected chi connectivity index (χ4v) is 2.26. The average Bonchev–Trinajstić information content (AvgIpc) is 2.94. The van der Waals surface area contributed by atoms with Crippen LogP contribution in [0.2, 0.25) is 0 Å². The lowest BCUT2D eigenvalue weighted by Gasteiger charge is -2.13. The van der Waals surface area contributed by atoms with Gasteiger partial charge in [0, 0.05) is 12.3 Å². The number of carbonyl (C=O) groups excluding carboxylic acids is 2. The monoisotopic (exact) mass is 276 g/mol. The van der Waals surface area contributed by atoms with Crippen LogP contribution in [0, 0.1) is 13.8 Å². The van der Waals surface area contributed by atoms with Crippen LogP contribution in [-0.4, -0.2) is 31.1 Å². The van der Waals surface area contributed by atoms with E-state index in [0.29, 0.717) is 6.61 Å². The van der Waals surface area contributed by atoms with Crippen molar-refractivity contribution in [3.05, 3.63) is 29.3 Å². The second kappa shape index (κ2) is 6.52. The van der Waals surface area contributed by atoms with Crippen molar-refractivity contribution in [1.82, 2.24) is 5.32 Å². The van der Waals surface area contributed by atoms with Gasteiger partial charge in [0.15, 0.2) is 0 Å². The number of carbonyl (C=O) groups is 2. The first-order valence-electron chi connectivity index (χ1n) is 6.83. The first-order valence-corrected chi connectivity index (χ1v) is 6.83. The Hall–Kier alpha value is -1.88. The molecule has 0 saturated carbocycles. The van der Waals surface area contributed by atoms with Gasteiger partial charge >= 0.3 is 0 Å². The van der Waals surface area contributed by atoms with Crippen molar-refractivity contribution in [2.75, 3.05) is 18.5 Å². The Bertz CT molecular complexity index is 488. The van der Waals surface area contributed by atoms with Crippen LogP contribution in [0.15, 0.2) is 18.2 Å². The largest absolute Gasteiger partial charge is 0.368 e. The Morgan fingerprint density at radius 2 is 2.00 bits per heavy atom. The normalized spacial score (nSPS) is 17.8. The molecule has 1 aromatic rings. The Kier molecular flexibility index (Phi) is 4.74. The van der Waals surface area contributed by atoms with Crippen molar-refractivity contribution < 1.29 is 14.3 Å².